The van der Waals surface area contributed by atoms with Crippen molar-refractivity contribution >= 4 is 40.9 Å². The number of halogens is 1. The number of anilines is 3. The minimum absolute atomic E-state index is 0.151. The number of nitrogens with one attached hydrogen (secondary N) is 1. The fraction of sp³-hybridized carbons (Fsp3) is 0.400. The van der Waals surface area contributed by atoms with E-state index in [-0.39, 0.29) is 36.3 Å². The van der Waals surface area contributed by atoms with Crippen molar-refractivity contribution in [3.05, 3.63) is 58.5 Å². The Labute approximate surface area is 249 Å². The summed E-state index contributed by atoms with van der Waals surface area (Å²) < 4.78 is 5.60. The molecule has 2 aliphatic heterocycles. The zero-order valence-corrected chi connectivity index (χ0v) is 24.7. The lowest BCUT2D eigenvalue weighted by molar-refractivity contribution is 0.0574. The van der Waals surface area contributed by atoms with Crippen LogP contribution in [0.4, 0.5) is 22.1 Å². The molecule has 12 heteroatoms. The maximum absolute atomic E-state index is 13.1. The molecule has 1 saturated heterocycles. The Balaban J connectivity index is 1.51. The summed E-state index contributed by atoms with van der Waals surface area (Å²) >= 11 is 6.22. The van der Waals surface area contributed by atoms with Crippen LogP contribution in [-0.2, 0) is 10.2 Å². The van der Waals surface area contributed by atoms with Gasteiger partial charge in [-0.1, -0.05) is 18.5 Å². The van der Waals surface area contributed by atoms with E-state index >= 15 is 0 Å². The lowest BCUT2D eigenvalue weighted by Gasteiger charge is -2.26. The van der Waals surface area contributed by atoms with Crippen LogP contribution in [0.15, 0.2) is 36.7 Å². The van der Waals surface area contributed by atoms with E-state index in [9.17, 15) is 20.0 Å². The molecule has 4 heterocycles. The Morgan fingerprint density at radius 3 is 2.62 bits per heavy atom. The van der Waals surface area contributed by atoms with Gasteiger partial charge in [0.15, 0.2) is 5.69 Å². The Kier molecular flexibility index (Phi) is 7.79. The molecule has 42 heavy (non-hydrogen) atoms. The van der Waals surface area contributed by atoms with Gasteiger partial charge in [0.05, 0.1) is 34.3 Å². The number of hydrogen-bond acceptors (Lipinski definition) is 9. The normalized spacial score (nSPS) is 18.0. The van der Waals surface area contributed by atoms with Crippen LogP contribution in [0.5, 0.6) is 0 Å². The predicted molar refractivity (Wildman–Crippen MR) is 158 cm³/mol. The van der Waals surface area contributed by atoms with Crippen molar-refractivity contribution < 1.29 is 19.4 Å². The summed E-state index contributed by atoms with van der Waals surface area (Å²) in [6.07, 6.45) is 4.29. The quantitative estimate of drug-likeness (QED) is 0.417. The SMILES string of the molecule is CC(C)(C)OC(=O)N1CC(C)(CO)c2cc(-c3ccnc(Nc4cc(Cl)cnc4C(=O)N4CCCC4)n3)cc(C#N)c21. The monoisotopic (exact) mass is 589 g/mol. The molecule has 0 spiro atoms. The van der Waals surface area contributed by atoms with Crippen LogP contribution in [0.25, 0.3) is 11.3 Å². The smallest absolute Gasteiger partial charge is 0.414 e. The average molecular weight is 590 g/mol. The second kappa shape index (κ2) is 11.2. The third-order valence-electron chi connectivity index (χ3n) is 7.27. The number of carbonyl (C=O) groups is 2. The molecular weight excluding hydrogens is 558 g/mol. The summed E-state index contributed by atoms with van der Waals surface area (Å²) in [6, 6.07) is 8.97. The second-order valence-electron chi connectivity index (χ2n) is 11.8. The molecule has 0 radical (unpaired) electrons. The number of likely N-dealkylation sites (tertiary alicyclic amines) is 1. The minimum Gasteiger partial charge on any atom is -0.443 e. The van der Waals surface area contributed by atoms with Crippen LogP contribution in [0.2, 0.25) is 5.02 Å². The van der Waals surface area contributed by atoms with Gasteiger partial charge in [-0.25, -0.2) is 19.7 Å². The molecule has 11 nitrogen and oxygen atoms in total. The van der Waals surface area contributed by atoms with Crippen molar-refractivity contribution in [2.24, 2.45) is 0 Å². The second-order valence-corrected chi connectivity index (χ2v) is 12.2. The molecule has 0 saturated carbocycles. The van der Waals surface area contributed by atoms with Gasteiger partial charge in [-0.2, -0.15) is 5.26 Å². The van der Waals surface area contributed by atoms with E-state index in [1.54, 1.807) is 50.1 Å². The maximum atomic E-state index is 13.1. The summed E-state index contributed by atoms with van der Waals surface area (Å²) in [4.78, 5) is 42.7. The molecule has 1 fully saturated rings. The van der Waals surface area contributed by atoms with E-state index in [0.29, 0.717) is 46.3 Å². The fourth-order valence-electron chi connectivity index (χ4n) is 5.21. The van der Waals surface area contributed by atoms with Crippen LogP contribution < -0.4 is 10.2 Å². The molecule has 2 N–H and O–H groups in total. The Morgan fingerprint density at radius 1 is 1.21 bits per heavy atom. The number of aliphatic hydroxyl groups excluding tert-OH is 1. The summed E-state index contributed by atoms with van der Waals surface area (Å²) in [6.45, 7) is 8.39. The van der Waals surface area contributed by atoms with Crippen LogP contribution in [0, 0.1) is 11.3 Å². The number of nitrogens with zero attached hydrogens (tertiary/aromatic N) is 6. The van der Waals surface area contributed by atoms with Gasteiger partial charge in [-0.3, -0.25) is 9.69 Å². The maximum Gasteiger partial charge on any atom is 0.414 e. The lowest BCUT2D eigenvalue weighted by atomic mass is 9.83. The molecule has 1 aromatic carbocycles. The number of carbonyl (C=O) groups excluding carboxylic acids is 2. The fourth-order valence-corrected chi connectivity index (χ4v) is 5.37. The molecule has 3 aromatic rings. The first kappa shape index (κ1) is 29.2. The standard InChI is InChI=1S/C30H32ClN7O4/c1-29(2,3)42-28(41)38-16-30(4,17-39)21-12-18(11-19(14-32)25(21)38)22-7-8-33-27(35-22)36-23-13-20(31)15-34-24(23)26(40)37-9-5-6-10-37/h7-8,11-13,15,39H,5-6,9-10,16-17H2,1-4H3,(H,33,35,36). The summed E-state index contributed by atoms with van der Waals surface area (Å²) in [5, 5.41) is 23.9. The van der Waals surface area contributed by atoms with Gasteiger partial charge >= 0.3 is 6.09 Å². The molecular formula is C30H32ClN7O4. The summed E-state index contributed by atoms with van der Waals surface area (Å²) in [5.74, 6) is 0.00396. The Bertz CT molecular complexity index is 1590. The van der Waals surface area contributed by atoms with Crippen molar-refractivity contribution in [2.75, 3.05) is 36.5 Å². The first-order valence-electron chi connectivity index (χ1n) is 13.7. The summed E-state index contributed by atoms with van der Waals surface area (Å²) in [7, 11) is 0. The zero-order chi connectivity index (χ0) is 30.2. The van der Waals surface area contributed by atoms with Crippen LogP contribution in [-0.4, -0.2) is 68.8 Å². The number of benzene rings is 1. The molecule has 0 aliphatic carbocycles. The largest absolute Gasteiger partial charge is 0.443 e. The molecule has 5 rings (SSSR count). The Morgan fingerprint density at radius 2 is 1.95 bits per heavy atom. The van der Waals surface area contributed by atoms with Crippen molar-refractivity contribution in [1.82, 2.24) is 19.9 Å². The zero-order valence-electron chi connectivity index (χ0n) is 23.9. The number of amides is 2. The molecule has 1 atom stereocenters. The highest BCUT2D eigenvalue weighted by Gasteiger charge is 2.44. The number of pyridine rings is 1. The molecule has 2 aliphatic rings. The van der Waals surface area contributed by atoms with Crippen molar-refractivity contribution in [1.29, 1.82) is 5.26 Å². The minimum atomic E-state index is -0.834. The number of aromatic nitrogens is 3. The lowest BCUT2D eigenvalue weighted by Crippen LogP contribution is -2.40. The Hall–Kier alpha value is -4.27. The van der Waals surface area contributed by atoms with Crippen molar-refractivity contribution in [3.8, 4) is 17.3 Å². The van der Waals surface area contributed by atoms with Gasteiger partial charge in [0.2, 0.25) is 5.95 Å². The number of rotatable bonds is 5. The predicted octanol–water partition coefficient (Wildman–Crippen LogP) is 5.05. The van der Waals surface area contributed by atoms with Gasteiger partial charge in [0.25, 0.3) is 5.91 Å². The number of nitriles is 1. The van der Waals surface area contributed by atoms with E-state index in [4.69, 9.17) is 16.3 Å². The van der Waals surface area contributed by atoms with Gasteiger partial charge in [0.1, 0.15) is 11.7 Å². The van der Waals surface area contributed by atoms with E-state index in [1.807, 2.05) is 13.0 Å². The van der Waals surface area contributed by atoms with Crippen LogP contribution >= 0.6 is 11.6 Å². The molecule has 1 unspecified atom stereocenters. The van der Waals surface area contributed by atoms with E-state index in [0.717, 1.165) is 12.8 Å². The third kappa shape index (κ3) is 5.73. The van der Waals surface area contributed by atoms with Gasteiger partial charge < -0.3 is 20.1 Å². The van der Waals surface area contributed by atoms with Crippen LogP contribution in [0.1, 0.15) is 62.2 Å². The molecule has 2 amide bonds. The van der Waals surface area contributed by atoms with Gasteiger partial charge in [-0.05, 0) is 63.4 Å². The van der Waals surface area contributed by atoms with E-state index in [1.165, 1.54) is 11.1 Å². The molecule has 2 aromatic heterocycles. The highest BCUT2D eigenvalue weighted by atomic mass is 35.5. The number of hydrogen-bond donors (Lipinski definition) is 2. The van der Waals surface area contributed by atoms with Crippen molar-refractivity contribution in [2.45, 2.75) is 51.6 Å². The van der Waals surface area contributed by atoms with E-state index in [2.05, 4.69) is 26.3 Å². The third-order valence-corrected chi connectivity index (χ3v) is 7.48. The average Bonchev–Trinajstić information content (AvgIpc) is 3.59. The highest BCUT2D eigenvalue weighted by molar-refractivity contribution is 6.30. The van der Waals surface area contributed by atoms with Crippen molar-refractivity contribution in [3.63, 3.8) is 0 Å². The molecule has 218 valence electrons. The van der Waals surface area contributed by atoms with E-state index < -0.39 is 17.1 Å². The van der Waals surface area contributed by atoms with Gasteiger partial charge in [-0.15, -0.1) is 0 Å². The summed E-state index contributed by atoms with van der Waals surface area (Å²) in [5.41, 5.74) is 1.42. The number of aliphatic hydroxyl groups is 1. The number of fused-ring (bicyclic) bond motifs is 1. The topological polar surface area (TPSA) is 145 Å². The first-order chi connectivity index (χ1) is 19.9. The van der Waals surface area contributed by atoms with Gasteiger partial charge in [0, 0.05) is 43.0 Å². The van der Waals surface area contributed by atoms with Crippen LogP contribution in [0.3, 0.4) is 0 Å². The number of ether oxygens (including phenoxy) is 1. The molecule has 0 bridgehead atoms. The highest BCUT2D eigenvalue weighted by Crippen LogP contribution is 2.45. The first-order valence-corrected chi connectivity index (χ1v) is 14.1.